The van der Waals surface area contributed by atoms with E-state index < -0.39 is 17.1 Å². The van der Waals surface area contributed by atoms with Crippen molar-refractivity contribution >= 4 is 34.9 Å². The number of benzene rings is 2. The predicted molar refractivity (Wildman–Crippen MR) is 127 cm³/mol. The van der Waals surface area contributed by atoms with Crippen LogP contribution in [0.15, 0.2) is 36.4 Å². The maximum atomic E-state index is 11.6. The van der Waals surface area contributed by atoms with Crippen molar-refractivity contribution in [3.63, 3.8) is 0 Å². The summed E-state index contributed by atoms with van der Waals surface area (Å²) in [6.07, 6.45) is -1.39. The first-order chi connectivity index (χ1) is 15.2. The number of amides is 2. The monoisotopic (exact) mass is 458 g/mol. The van der Waals surface area contributed by atoms with Gasteiger partial charge >= 0.3 is 12.2 Å². The van der Waals surface area contributed by atoms with Gasteiger partial charge in [0.25, 0.3) is 5.69 Å². The van der Waals surface area contributed by atoms with Crippen molar-refractivity contribution in [3.8, 4) is 0 Å². The third kappa shape index (κ3) is 5.00. The number of ether oxygens (including phenoxy) is 2. The van der Waals surface area contributed by atoms with Gasteiger partial charge in [0.1, 0.15) is 12.2 Å². The Bertz CT molecular complexity index is 1060. The van der Waals surface area contributed by atoms with Gasteiger partial charge in [0.2, 0.25) is 0 Å². The van der Waals surface area contributed by atoms with Crippen LogP contribution in [0.2, 0.25) is 0 Å². The Morgan fingerprint density at radius 2 is 1.36 bits per heavy atom. The molecule has 33 heavy (non-hydrogen) atoms. The van der Waals surface area contributed by atoms with Crippen LogP contribution < -0.4 is 15.5 Å². The molecular weight excluding hydrogens is 428 g/mol. The zero-order valence-corrected chi connectivity index (χ0v) is 18.4. The van der Waals surface area contributed by atoms with Crippen LogP contribution >= 0.6 is 0 Å². The lowest BCUT2D eigenvalue weighted by molar-refractivity contribution is -0.385. The van der Waals surface area contributed by atoms with Gasteiger partial charge in [0, 0.05) is 42.0 Å². The number of nitrogens with two attached hydrogens (primary N) is 1. The van der Waals surface area contributed by atoms with E-state index in [9.17, 15) is 19.7 Å². The fourth-order valence-corrected chi connectivity index (χ4v) is 3.72. The van der Waals surface area contributed by atoms with Crippen LogP contribution in [-0.2, 0) is 9.47 Å². The quantitative estimate of drug-likeness (QED) is 0.361. The Morgan fingerprint density at radius 3 is 1.82 bits per heavy atom. The number of rotatable bonds is 3. The summed E-state index contributed by atoms with van der Waals surface area (Å²) in [5.41, 5.74) is 9.62. The predicted octanol–water partition coefficient (Wildman–Crippen LogP) is 5.57. The number of nitro groups is 1. The van der Waals surface area contributed by atoms with Crippen molar-refractivity contribution in [2.24, 2.45) is 0 Å². The van der Waals surface area contributed by atoms with Gasteiger partial charge in [-0.1, -0.05) is 7.43 Å². The molecule has 0 radical (unpaired) electrons. The first kappa shape index (κ1) is 25.4. The number of non-ortho nitro benzene ring substituents is 1. The van der Waals surface area contributed by atoms with Gasteiger partial charge in [0.05, 0.1) is 16.3 Å². The van der Waals surface area contributed by atoms with Gasteiger partial charge in [-0.15, -0.1) is 0 Å². The van der Waals surface area contributed by atoms with E-state index >= 15 is 0 Å². The summed E-state index contributed by atoms with van der Waals surface area (Å²) in [5, 5.41) is 10.7. The van der Waals surface area contributed by atoms with E-state index in [4.69, 9.17) is 15.2 Å². The summed E-state index contributed by atoms with van der Waals surface area (Å²) in [6, 6.07) is 9.96. The molecule has 10 nitrogen and oxygen atoms in total. The summed E-state index contributed by atoms with van der Waals surface area (Å²) < 4.78 is 10.3. The first-order valence-electron chi connectivity index (χ1n) is 10.3. The van der Waals surface area contributed by atoms with E-state index in [0.717, 1.165) is 11.3 Å². The molecule has 2 aliphatic heterocycles. The molecular formula is C23H30N4O6. The van der Waals surface area contributed by atoms with Crippen molar-refractivity contribution in [3.05, 3.63) is 57.6 Å². The van der Waals surface area contributed by atoms with Crippen LogP contribution in [0.4, 0.5) is 32.3 Å². The molecule has 0 saturated carbocycles. The molecule has 2 aromatic carbocycles. The summed E-state index contributed by atoms with van der Waals surface area (Å²) in [5.74, 6) is 0. The van der Waals surface area contributed by atoms with Crippen molar-refractivity contribution < 1.29 is 24.0 Å². The third-order valence-corrected chi connectivity index (χ3v) is 5.36. The highest BCUT2D eigenvalue weighted by Crippen LogP contribution is 2.37. The molecule has 178 valence electrons. The van der Waals surface area contributed by atoms with Crippen molar-refractivity contribution in [1.29, 1.82) is 0 Å². The number of hydrogen-bond donors (Lipinski definition) is 1. The fraction of sp³-hybridized carbons (Fsp3) is 0.391. The molecule has 2 aromatic rings. The zero-order valence-electron chi connectivity index (χ0n) is 18.4. The standard InChI is InChI=1S/C11H12N2O4.C11H14N2O2.CH4/c1-3-12-10-5-4-8(13(15)16)6-9(10)7(2)17-11(12)14;1-3-13-10-5-4-8(12)6-9(10)7(2)15-11(13)14;/h4-7H,3H2,1-2H3;4-7H,3,12H2,1-2H3;1H4. The van der Waals surface area contributed by atoms with Gasteiger partial charge in [0.15, 0.2) is 0 Å². The minimum absolute atomic E-state index is 0. The fourth-order valence-electron chi connectivity index (χ4n) is 3.72. The van der Waals surface area contributed by atoms with E-state index in [0.29, 0.717) is 30.0 Å². The molecule has 2 N–H and O–H groups in total. The summed E-state index contributed by atoms with van der Waals surface area (Å²) in [6.45, 7) is 8.36. The highest BCUT2D eigenvalue weighted by Gasteiger charge is 2.31. The topological polar surface area (TPSA) is 128 Å². The van der Waals surface area contributed by atoms with Gasteiger partial charge in [-0.3, -0.25) is 19.9 Å². The second-order valence-corrected chi connectivity index (χ2v) is 7.36. The van der Waals surface area contributed by atoms with E-state index in [1.165, 1.54) is 17.0 Å². The summed E-state index contributed by atoms with van der Waals surface area (Å²) in [4.78, 5) is 36.4. The maximum Gasteiger partial charge on any atom is 0.414 e. The van der Waals surface area contributed by atoms with E-state index in [1.54, 1.807) is 24.0 Å². The SMILES string of the molecule is C.CCN1C(=O)OC(C)c2cc(N)ccc21.CCN1C(=O)OC(C)c2cc([N+](=O)[O-])ccc21. The molecule has 0 spiro atoms. The van der Waals surface area contributed by atoms with Crippen LogP contribution in [0.3, 0.4) is 0 Å². The number of fused-ring (bicyclic) bond motifs is 2. The molecule has 0 aromatic heterocycles. The summed E-state index contributed by atoms with van der Waals surface area (Å²) >= 11 is 0. The lowest BCUT2D eigenvalue weighted by Gasteiger charge is -2.31. The Morgan fingerprint density at radius 1 is 0.909 bits per heavy atom. The Balaban J connectivity index is 0.000000228. The van der Waals surface area contributed by atoms with E-state index in [-0.39, 0.29) is 25.3 Å². The normalized spacial score (nSPS) is 18.5. The Labute approximate surface area is 193 Å². The Kier molecular flexibility index (Phi) is 7.86. The molecule has 10 heteroatoms. The minimum atomic E-state index is -0.459. The zero-order chi connectivity index (χ0) is 23.6. The minimum Gasteiger partial charge on any atom is -0.441 e. The largest absolute Gasteiger partial charge is 0.441 e. The van der Waals surface area contributed by atoms with Gasteiger partial charge < -0.3 is 15.2 Å². The number of hydrogen-bond acceptors (Lipinski definition) is 7. The smallest absolute Gasteiger partial charge is 0.414 e. The highest BCUT2D eigenvalue weighted by atomic mass is 16.6. The number of nitrogen functional groups attached to an aromatic ring is 1. The average Bonchev–Trinajstić information content (AvgIpc) is 2.75. The van der Waals surface area contributed by atoms with Gasteiger partial charge in [-0.25, -0.2) is 9.59 Å². The molecule has 4 rings (SSSR count). The van der Waals surface area contributed by atoms with E-state index in [1.807, 2.05) is 32.9 Å². The maximum absolute atomic E-state index is 11.6. The average molecular weight is 459 g/mol. The number of anilines is 3. The van der Waals surface area contributed by atoms with Crippen molar-refractivity contribution in [2.45, 2.75) is 47.3 Å². The molecule has 2 unspecified atom stereocenters. The molecule has 2 heterocycles. The second-order valence-electron chi connectivity index (χ2n) is 7.36. The van der Waals surface area contributed by atoms with Crippen LogP contribution in [0, 0.1) is 10.1 Å². The summed E-state index contributed by atoms with van der Waals surface area (Å²) in [7, 11) is 0. The van der Waals surface area contributed by atoms with Gasteiger partial charge in [-0.2, -0.15) is 0 Å². The van der Waals surface area contributed by atoms with Crippen molar-refractivity contribution in [2.75, 3.05) is 28.6 Å². The van der Waals surface area contributed by atoms with Crippen LogP contribution in [0.1, 0.15) is 58.5 Å². The molecule has 2 aliphatic rings. The molecule has 0 aliphatic carbocycles. The highest BCUT2D eigenvalue weighted by molar-refractivity contribution is 5.92. The number of nitrogens with zero attached hydrogens (tertiary/aromatic N) is 3. The molecule has 2 atom stereocenters. The van der Waals surface area contributed by atoms with E-state index in [2.05, 4.69) is 0 Å². The first-order valence-corrected chi connectivity index (χ1v) is 10.3. The number of carbonyl (C=O) groups excluding carboxylic acids is 2. The third-order valence-electron chi connectivity index (χ3n) is 5.36. The molecule has 0 bridgehead atoms. The molecule has 2 amide bonds. The lowest BCUT2D eigenvalue weighted by Crippen LogP contribution is -2.36. The van der Waals surface area contributed by atoms with Crippen LogP contribution in [0.25, 0.3) is 0 Å². The van der Waals surface area contributed by atoms with Crippen LogP contribution in [0.5, 0.6) is 0 Å². The number of cyclic esters (lactones) is 2. The number of carbonyl (C=O) groups is 2. The van der Waals surface area contributed by atoms with Crippen LogP contribution in [-0.4, -0.2) is 30.2 Å². The molecule has 0 saturated heterocycles. The number of nitro benzene ring substituents is 1. The molecule has 0 fully saturated rings. The van der Waals surface area contributed by atoms with Crippen molar-refractivity contribution in [1.82, 2.24) is 0 Å². The second kappa shape index (κ2) is 10.2. The Hall–Kier alpha value is -3.82. The van der Waals surface area contributed by atoms with Gasteiger partial charge in [-0.05, 0) is 52.0 Å². The lowest BCUT2D eigenvalue weighted by atomic mass is 10.0.